The highest BCUT2D eigenvalue weighted by molar-refractivity contribution is 9.10. The number of nitrogens with one attached hydrogen (secondary N) is 2. The minimum atomic E-state index is -0.145. The summed E-state index contributed by atoms with van der Waals surface area (Å²) >= 11 is 9.40. The number of methoxy groups -OCH3 is 1. The molecule has 0 aliphatic carbocycles. The Kier molecular flexibility index (Phi) is 5.47. The lowest BCUT2D eigenvalue weighted by atomic mass is 10.3. The van der Waals surface area contributed by atoms with Crippen LogP contribution in [0.15, 0.2) is 46.9 Å². The second-order valence-electron chi connectivity index (χ2n) is 4.23. The molecule has 0 radical (unpaired) electrons. The van der Waals surface area contributed by atoms with Gasteiger partial charge in [-0.2, -0.15) is 0 Å². The van der Waals surface area contributed by atoms with Gasteiger partial charge < -0.3 is 15.4 Å². The molecule has 0 aromatic heterocycles. The van der Waals surface area contributed by atoms with Gasteiger partial charge in [0.05, 0.1) is 24.4 Å². The molecule has 2 aromatic rings. The summed E-state index contributed by atoms with van der Waals surface area (Å²) in [7, 11) is 1.56. The summed E-state index contributed by atoms with van der Waals surface area (Å²) in [6, 6.07) is 12.7. The monoisotopic (exact) mass is 368 g/mol. The second kappa shape index (κ2) is 7.33. The molecule has 2 N–H and O–H groups in total. The Labute approximate surface area is 136 Å². The van der Waals surface area contributed by atoms with Gasteiger partial charge in [-0.15, -0.1) is 0 Å². The van der Waals surface area contributed by atoms with Crippen molar-refractivity contribution < 1.29 is 9.53 Å². The maximum Gasteiger partial charge on any atom is 0.243 e. The van der Waals surface area contributed by atoms with E-state index in [0.717, 1.165) is 15.8 Å². The molecule has 6 heteroatoms. The zero-order valence-corrected chi connectivity index (χ0v) is 13.7. The van der Waals surface area contributed by atoms with Crippen molar-refractivity contribution in [2.24, 2.45) is 0 Å². The molecule has 2 aromatic carbocycles. The van der Waals surface area contributed by atoms with Gasteiger partial charge in [-0.3, -0.25) is 4.79 Å². The molecule has 0 aliphatic rings. The normalized spacial score (nSPS) is 10.0. The van der Waals surface area contributed by atoms with E-state index in [0.29, 0.717) is 10.8 Å². The molecule has 2 rings (SSSR count). The van der Waals surface area contributed by atoms with Crippen molar-refractivity contribution >= 4 is 44.8 Å². The number of hydrogen-bond acceptors (Lipinski definition) is 3. The Morgan fingerprint density at radius 3 is 2.71 bits per heavy atom. The van der Waals surface area contributed by atoms with Gasteiger partial charge >= 0.3 is 0 Å². The van der Waals surface area contributed by atoms with E-state index < -0.39 is 0 Å². The van der Waals surface area contributed by atoms with E-state index in [1.165, 1.54) is 0 Å². The molecule has 21 heavy (non-hydrogen) atoms. The Morgan fingerprint density at radius 1 is 1.29 bits per heavy atom. The predicted molar refractivity (Wildman–Crippen MR) is 89.3 cm³/mol. The molecule has 4 nitrogen and oxygen atoms in total. The fourth-order valence-electron chi connectivity index (χ4n) is 1.72. The molecule has 1 amide bonds. The summed E-state index contributed by atoms with van der Waals surface area (Å²) in [5.41, 5.74) is 1.49. The molecule has 0 spiro atoms. The molecular formula is C15H14BrClN2O2. The zero-order valence-electron chi connectivity index (χ0n) is 11.3. The first-order valence-electron chi connectivity index (χ1n) is 6.22. The molecule has 0 saturated heterocycles. The molecule has 110 valence electrons. The molecule has 0 fully saturated rings. The van der Waals surface area contributed by atoms with E-state index in [4.69, 9.17) is 16.3 Å². The van der Waals surface area contributed by atoms with Crippen molar-refractivity contribution in [3.8, 4) is 5.75 Å². The average molecular weight is 370 g/mol. The number of ether oxygens (including phenoxy) is 1. The SMILES string of the molecule is COc1ccc(NCC(=O)Nc2ccccc2Br)cc1Cl. The van der Waals surface area contributed by atoms with Crippen LogP contribution in [0, 0.1) is 0 Å². The standard InChI is InChI=1S/C15H14BrClN2O2/c1-21-14-7-6-10(8-12(14)17)18-9-15(20)19-13-5-3-2-4-11(13)16/h2-8,18H,9H2,1H3,(H,19,20). The van der Waals surface area contributed by atoms with Crippen LogP contribution in [0.25, 0.3) is 0 Å². The average Bonchev–Trinajstić information content (AvgIpc) is 2.48. The van der Waals surface area contributed by atoms with Crippen molar-refractivity contribution in [2.75, 3.05) is 24.3 Å². The molecule has 0 heterocycles. The third kappa shape index (κ3) is 4.37. The molecule has 0 atom stereocenters. The van der Waals surface area contributed by atoms with Gasteiger partial charge in [-0.25, -0.2) is 0 Å². The summed E-state index contributed by atoms with van der Waals surface area (Å²) in [5, 5.41) is 6.31. The predicted octanol–water partition coefficient (Wildman–Crippen LogP) is 4.16. The smallest absolute Gasteiger partial charge is 0.243 e. The Morgan fingerprint density at radius 2 is 2.05 bits per heavy atom. The van der Waals surface area contributed by atoms with Crippen LogP contribution in [0.2, 0.25) is 5.02 Å². The van der Waals surface area contributed by atoms with Crippen LogP contribution >= 0.6 is 27.5 Å². The maximum absolute atomic E-state index is 11.9. The van der Waals surface area contributed by atoms with Gasteiger partial charge in [0.15, 0.2) is 0 Å². The lowest BCUT2D eigenvalue weighted by molar-refractivity contribution is -0.114. The number of hydrogen-bond donors (Lipinski definition) is 2. The maximum atomic E-state index is 11.9. The number of halogens is 2. The van der Waals surface area contributed by atoms with Crippen LogP contribution in [-0.4, -0.2) is 19.6 Å². The summed E-state index contributed by atoms with van der Waals surface area (Å²) < 4.78 is 5.91. The van der Waals surface area contributed by atoms with Crippen molar-refractivity contribution in [3.63, 3.8) is 0 Å². The third-order valence-corrected chi connectivity index (χ3v) is 3.74. The van der Waals surface area contributed by atoms with Gasteiger partial charge in [-0.05, 0) is 46.3 Å². The minimum Gasteiger partial charge on any atom is -0.495 e. The van der Waals surface area contributed by atoms with Crippen LogP contribution < -0.4 is 15.4 Å². The third-order valence-electron chi connectivity index (χ3n) is 2.75. The lowest BCUT2D eigenvalue weighted by Crippen LogP contribution is -2.21. The molecule has 0 aliphatic heterocycles. The van der Waals surface area contributed by atoms with E-state index >= 15 is 0 Å². The van der Waals surface area contributed by atoms with Crippen LogP contribution in [0.4, 0.5) is 11.4 Å². The van der Waals surface area contributed by atoms with E-state index in [-0.39, 0.29) is 12.5 Å². The van der Waals surface area contributed by atoms with Gasteiger partial charge in [-0.1, -0.05) is 23.7 Å². The van der Waals surface area contributed by atoms with Gasteiger partial charge in [0, 0.05) is 10.2 Å². The van der Waals surface area contributed by atoms with Crippen LogP contribution in [-0.2, 0) is 4.79 Å². The first-order valence-corrected chi connectivity index (χ1v) is 7.39. The number of benzene rings is 2. The minimum absolute atomic E-state index is 0.143. The molecule has 0 bridgehead atoms. The number of rotatable bonds is 5. The highest BCUT2D eigenvalue weighted by Crippen LogP contribution is 2.27. The lowest BCUT2D eigenvalue weighted by Gasteiger charge is -2.10. The Balaban J connectivity index is 1.92. The summed E-state index contributed by atoms with van der Waals surface area (Å²) in [5.74, 6) is 0.453. The Bertz CT molecular complexity index is 649. The van der Waals surface area contributed by atoms with Gasteiger partial charge in [0.2, 0.25) is 5.91 Å². The van der Waals surface area contributed by atoms with Gasteiger partial charge in [0.1, 0.15) is 5.75 Å². The fourth-order valence-corrected chi connectivity index (χ4v) is 2.36. The number of para-hydroxylation sites is 1. The van der Waals surface area contributed by atoms with Crippen molar-refractivity contribution in [3.05, 3.63) is 52.0 Å². The Hall–Kier alpha value is -1.72. The van der Waals surface area contributed by atoms with Crippen LogP contribution in [0.3, 0.4) is 0 Å². The van der Waals surface area contributed by atoms with Crippen molar-refractivity contribution in [1.82, 2.24) is 0 Å². The van der Waals surface area contributed by atoms with E-state index in [1.54, 1.807) is 25.3 Å². The number of anilines is 2. The highest BCUT2D eigenvalue weighted by atomic mass is 79.9. The van der Waals surface area contributed by atoms with E-state index in [2.05, 4.69) is 26.6 Å². The number of amides is 1. The summed E-state index contributed by atoms with van der Waals surface area (Å²) in [6.45, 7) is 0.143. The zero-order chi connectivity index (χ0) is 15.2. The fraction of sp³-hybridized carbons (Fsp3) is 0.133. The van der Waals surface area contributed by atoms with Crippen LogP contribution in [0.5, 0.6) is 5.75 Å². The molecule has 0 unspecified atom stereocenters. The topological polar surface area (TPSA) is 50.4 Å². The van der Waals surface area contributed by atoms with Crippen LogP contribution in [0.1, 0.15) is 0 Å². The molecule has 0 saturated carbocycles. The van der Waals surface area contributed by atoms with Gasteiger partial charge in [0.25, 0.3) is 0 Å². The second-order valence-corrected chi connectivity index (χ2v) is 5.49. The van der Waals surface area contributed by atoms with E-state index in [1.807, 2.05) is 24.3 Å². The van der Waals surface area contributed by atoms with E-state index in [9.17, 15) is 4.79 Å². The number of carbonyl (C=O) groups excluding carboxylic acids is 1. The van der Waals surface area contributed by atoms with Crippen molar-refractivity contribution in [2.45, 2.75) is 0 Å². The first kappa shape index (κ1) is 15.7. The highest BCUT2D eigenvalue weighted by Gasteiger charge is 2.06. The molecular weight excluding hydrogens is 356 g/mol. The number of carbonyl (C=O) groups is 1. The van der Waals surface area contributed by atoms with Crippen molar-refractivity contribution in [1.29, 1.82) is 0 Å². The first-order chi connectivity index (χ1) is 10.1. The summed E-state index contributed by atoms with van der Waals surface area (Å²) in [4.78, 5) is 11.9. The summed E-state index contributed by atoms with van der Waals surface area (Å²) in [6.07, 6.45) is 0. The largest absolute Gasteiger partial charge is 0.495 e. The quantitative estimate of drug-likeness (QED) is 0.832.